The van der Waals surface area contributed by atoms with Gasteiger partial charge >= 0.3 is 8.80 Å². The number of amides is 1. The van der Waals surface area contributed by atoms with Gasteiger partial charge in [0.05, 0.1) is 6.20 Å². The van der Waals surface area contributed by atoms with Crippen molar-refractivity contribution in [2.75, 3.05) is 6.54 Å². The van der Waals surface area contributed by atoms with E-state index < -0.39 is 8.80 Å². The average molecular weight is 243 g/mol. The van der Waals surface area contributed by atoms with Crippen molar-refractivity contribution < 1.29 is 19.2 Å². The van der Waals surface area contributed by atoms with E-state index in [9.17, 15) is 4.79 Å². The van der Waals surface area contributed by atoms with Gasteiger partial charge in [0.15, 0.2) is 0 Å². The third kappa shape index (κ3) is 4.93. The summed E-state index contributed by atoms with van der Waals surface area (Å²) in [6.07, 6.45) is 4.49. The first kappa shape index (κ1) is 12.7. The number of hydrogen-bond acceptors (Lipinski definition) is 6. The molecule has 0 saturated carbocycles. The molecule has 0 aliphatic heterocycles. The Hall–Kier alpha value is -1.35. The predicted octanol–water partition coefficient (Wildman–Crippen LogP) is -1.49. The van der Waals surface area contributed by atoms with Crippen molar-refractivity contribution in [2.45, 2.75) is 12.5 Å². The quantitative estimate of drug-likeness (QED) is 0.370. The molecule has 16 heavy (non-hydrogen) atoms. The lowest BCUT2D eigenvalue weighted by Gasteiger charge is -2.09. The number of carbonyl (C=O) groups excluding carboxylic acids is 1. The Labute approximate surface area is 93.2 Å². The first-order valence-corrected chi connectivity index (χ1v) is 6.75. The van der Waals surface area contributed by atoms with Crippen molar-refractivity contribution in [3.8, 4) is 0 Å². The van der Waals surface area contributed by atoms with Crippen LogP contribution in [0.5, 0.6) is 0 Å². The Balaban J connectivity index is 2.27. The lowest BCUT2D eigenvalue weighted by molar-refractivity contribution is 0.0947. The molecule has 4 N–H and O–H groups in total. The van der Waals surface area contributed by atoms with Gasteiger partial charge in [-0.05, 0) is 6.42 Å². The van der Waals surface area contributed by atoms with E-state index in [0.717, 1.165) is 0 Å². The van der Waals surface area contributed by atoms with Gasteiger partial charge in [0, 0.05) is 25.0 Å². The Morgan fingerprint density at radius 1 is 1.38 bits per heavy atom. The summed E-state index contributed by atoms with van der Waals surface area (Å²) < 4.78 is 0. The standard InChI is InChI=1S/C8H13N3O4Si/c12-8(7-6-9-3-4-10-7)11-2-1-5-16(13,14)15/h3-4,6,13-15H,1-2,5H2,(H,11,12). The first-order valence-electron chi connectivity index (χ1n) is 4.70. The van der Waals surface area contributed by atoms with Crippen LogP contribution in [0.2, 0.25) is 6.04 Å². The Morgan fingerprint density at radius 3 is 2.69 bits per heavy atom. The normalized spacial score (nSPS) is 11.2. The summed E-state index contributed by atoms with van der Waals surface area (Å²) in [5, 5.41) is 2.52. The molecule has 0 spiro atoms. The summed E-state index contributed by atoms with van der Waals surface area (Å²) in [7, 11) is -3.99. The van der Waals surface area contributed by atoms with Crippen molar-refractivity contribution >= 4 is 14.7 Å². The minimum Gasteiger partial charge on any atom is -0.390 e. The summed E-state index contributed by atoms with van der Waals surface area (Å²) in [5.74, 6) is -0.380. The molecule has 0 aromatic carbocycles. The second-order valence-electron chi connectivity index (χ2n) is 3.22. The number of aromatic nitrogens is 2. The van der Waals surface area contributed by atoms with Gasteiger partial charge in [-0.1, -0.05) is 0 Å². The van der Waals surface area contributed by atoms with Crippen LogP contribution in [0.4, 0.5) is 0 Å². The van der Waals surface area contributed by atoms with Gasteiger partial charge in [-0.3, -0.25) is 9.78 Å². The van der Waals surface area contributed by atoms with E-state index in [2.05, 4.69) is 15.3 Å². The molecule has 0 unspecified atom stereocenters. The molecule has 0 radical (unpaired) electrons. The fourth-order valence-corrected chi connectivity index (χ4v) is 1.69. The van der Waals surface area contributed by atoms with E-state index in [1.54, 1.807) is 0 Å². The van der Waals surface area contributed by atoms with Crippen LogP contribution in [0.1, 0.15) is 16.9 Å². The zero-order chi connectivity index (χ0) is 12.0. The molecule has 0 aliphatic rings. The van der Waals surface area contributed by atoms with Crippen molar-refractivity contribution in [2.24, 2.45) is 0 Å². The van der Waals surface area contributed by atoms with E-state index in [-0.39, 0.29) is 24.2 Å². The van der Waals surface area contributed by atoms with Gasteiger partial charge in [-0.15, -0.1) is 0 Å². The highest BCUT2D eigenvalue weighted by Crippen LogP contribution is 2.00. The fraction of sp³-hybridized carbons (Fsp3) is 0.375. The maximum atomic E-state index is 11.4. The molecule has 88 valence electrons. The molecule has 0 bridgehead atoms. The molecule has 0 atom stereocenters. The van der Waals surface area contributed by atoms with Gasteiger partial charge in [0.25, 0.3) is 5.91 Å². The molecular weight excluding hydrogens is 230 g/mol. The van der Waals surface area contributed by atoms with Crippen LogP contribution in [0, 0.1) is 0 Å². The number of carbonyl (C=O) groups is 1. The highest BCUT2D eigenvalue weighted by molar-refractivity contribution is 6.56. The van der Waals surface area contributed by atoms with Crippen molar-refractivity contribution in [3.63, 3.8) is 0 Å². The number of nitrogens with zero attached hydrogens (tertiary/aromatic N) is 2. The first-order chi connectivity index (χ1) is 7.49. The highest BCUT2D eigenvalue weighted by Gasteiger charge is 2.25. The minimum absolute atomic E-state index is 0.103. The highest BCUT2D eigenvalue weighted by atomic mass is 28.4. The zero-order valence-corrected chi connectivity index (χ0v) is 9.50. The third-order valence-electron chi connectivity index (χ3n) is 1.77. The summed E-state index contributed by atoms with van der Waals surface area (Å²) in [4.78, 5) is 45.1. The number of hydrogen-bond donors (Lipinski definition) is 4. The lowest BCUT2D eigenvalue weighted by atomic mass is 10.4. The Kier molecular flexibility index (Phi) is 4.49. The molecule has 1 rings (SSSR count). The second kappa shape index (κ2) is 5.65. The van der Waals surface area contributed by atoms with Crippen molar-refractivity contribution in [1.29, 1.82) is 0 Å². The van der Waals surface area contributed by atoms with Crippen molar-refractivity contribution in [3.05, 3.63) is 24.3 Å². The SMILES string of the molecule is O=C(NCCC[Si](O)(O)O)c1cnccn1. The van der Waals surface area contributed by atoms with Gasteiger partial charge < -0.3 is 19.7 Å². The minimum atomic E-state index is -3.99. The van der Waals surface area contributed by atoms with Crippen LogP contribution >= 0.6 is 0 Å². The van der Waals surface area contributed by atoms with Crippen LogP contribution in [0.25, 0.3) is 0 Å². The topological polar surface area (TPSA) is 116 Å². The van der Waals surface area contributed by atoms with Crippen molar-refractivity contribution in [1.82, 2.24) is 15.3 Å². The fourth-order valence-electron chi connectivity index (χ4n) is 1.03. The summed E-state index contributed by atoms with van der Waals surface area (Å²) in [6.45, 7) is 0.242. The molecule has 8 heteroatoms. The van der Waals surface area contributed by atoms with Crippen LogP contribution in [-0.4, -0.2) is 45.6 Å². The summed E-state index contributed by atoms with van der Waals surface area (Å²) in [5.41, 5.74) is 0.197. The van der Waals surface area contributed by atoms with Gasteiger partial charge in [0.1, 0.15) is 5.69 Å². The van der Waals surface area contributed by atoms with Gasteiger partial charge in [-0.25, -0.2) is 4.98 Å². The van der Waals surface area contributed by atoms with Crippen LogP contribution in [-0.2, 0) is 0 Å². The predicted molar refractivity (Wildman–Crippen MR) is 56.2 cm³/mol. The molecule has 1 aromatic rings. The maximum absolute atomic E-state index is 11.4. The van der Waals surface area contributed by atoms with E-state index in [1.807, 2.05) is 0 Å². The van der Waals surface area contributed by atoms with Gasteiger partial charge in [0.2, 0.25) is 0 Å². The average Bonchev–Trinajstić information content (AvgIpc) is 2.24. The molecule has 7 nitrogen and oxygen atoms in total. The summed E-state index contributed by atoms with van der Waals surface area (Å²) in [6, 6.07) is -0.103. The molecule has 0 fully saturated rings. The summed E-state index contributed by atoms with van der Waals surface area (Å²) >= 11 is 0. The lowest BCUT2D eigenvalue weighted by Crippen LogP contribution is -2.35. The largest absolute Gasteiger partial charge is 0.492 e. The molecule has 0 saturated heterocycles. The monoisotopic (exact) mass is 243 g/mol. The molecule has 1 heterocycles. The number of nitrogens with one attached hydrogen (secondary N) is 1. The third-order valence-corrected chi connectivity index (χ3v) is 2.79. The van der Waals surface area contributed by atoms with E-state index >= 15 is 0 Å². The number of rotatable bonds is 5. The Bertz CT molecular complexity index is 341. The van der Waals surface area contributed by atoms with E-state index in [1.165, 1.54) is 18.6 Å². The van der Waals surface area contributed by atoms with Gasteiger partial charge in [-0.2, -0.15) is 0 Å². The van der Waals surface area contributed by atoms with Crippen LogP contribution < -0.4 is 5.32 Å². The molecular formula is C8H13N3O4Si. The Morgan fingerprint density at radius 2 is 2.12 bits per heavy atom. The van der Waals surface area contributed by atoms with E-state index in [0.29, 0.717) is 6.42 Å². The second-order valence-corrected chi connectivity index (χ2v) is 5.27. The smallest absolute Gasteiger partial charge is 0.390 e. The zero-order valence-electron chi connectivity index (χ0n) is 8.50. The molecule has 1 amide bonds. The van der Waals surface area contributed by atoms with Crippen LogP contribution in [0.15, 0.2) is 18.6 Å². The maximum Gasteiger partial charge on any atom is 0.492 e. The molecule has 1 aromatic heterocycles. The van der Waals surface area contributed by atoms with Crippen LogP contribution in [0.3, 0.4) is 0 Å². The van der Waals surface area contributed by atoms with E-state index in [4.69, 9.17) is 14.4 Å². The molecule has 0 aliphatic carbocycles.